The number of aryl methyl sites for hydroxylation is 2. The number of aromatic nitrogens is 3. The molecule has 0 saturated carbocycles. The fourth-order valence-electron chi connectivity index (χ4n) is 3.96. The van der Waals surface area contributed by atoms with E-state index in [0.717, 1.165) is 54.6 Å². The molecule has 0 saturated heterocycles. The molecule has 0 atom stereocenters. The number of hydrogen-bond acceptors (Lipinski definition) is 3. The number of fused-ring (bicyclic) bond motifs is 3. The third-order valence-electron chi connectivity index (χ3n) is 5.31. The lowest BCUT2D eigenvalue weighted by Crippen LogP contribution is -2.27. The standard InChI is InChI=1S/C21H24FN5O/c1-4-26(5-2)21-13(3)24-19-18-14(12-23-17(18)10-11-27(19)21)20(28)25-16-9-7-6-8-15(16)22/h6-9,12,23H,4-5,10-11H2,1-3H3,(H,25,28). The van der Waals surface area contributed by atoms with Crippen molar-refractivity contribution in [3.8, 4) is 11.4 Å². The van der Waals surface area contributed by atoms with Gasteiger partial charge in [-0.15, -0.1) is 0 Å². The molecule has 0 radical (unpaired) electrons. The molecule has 1 aliphatic rings. The minimum absolute atomic E-state index is 0.168. The van der Waals surface area contributed by atoms with Crippen LogP contribution in [0.25, 0.3) is 11.4 Å². The van der Waals surface area contributed by atoms with Gasteiger partial charge in [0.25, 0.3) is 5.91 Å². The first kappa shape index (κ1) is 18.3. The molecule has 4 rings (SSSR count). The van der Waals surface area contributed by atoms with Crippen LogP contribution in [0.15, 0.2) is 30.5 Å². The third kappa shape index (κ3) is 2.87. The number of nitrogens with zero attached hydrogens (tertiary/aromatic N) is 3. The Morgan fingerprint density at radius 3 is 2.79 bits per heavy atom. The Balaban J connectivity index is 1.75. The minimum Gasteiger partial charge on any atom is -0.364 e. The number of hydrogen-bond donors (Lipinski definition) is 2. The second-order valence-corrected chi connectivity index (χ2v) is 6.91. The molecule has 1 amide bonds. The highest BCUT2D eigenvalue weighted by Gasteiger charge is 2.29. The molecule has 6 nitrogen and oxygen atoms in total. The van der Waals surface area contributed by atoms with Crippen molar-refractivity contribution < 1.29 is 9.18 Å². The number of carbonyl (C=O) groups is 1. The lowest BCUT2D eigenvalue weighted by Gasteiger charge is -2.25. The summed E-state index contributed by atoms with van der Waals surface area (Å²) in [4.78, 5) is 23.2. The van der Waals surface area contributed by atoms with Gasteiger partial charge in [0, 0.05) is 37.9 Å². The van der Waals surface area contributed by atoms with Crippen LogP contribution in [0.2, 0.25) is 0 Å². The van der Waals surface area contributed by atoms with Crippen molar-refractivity contribution in [3.63, 3.8) is 0 Å². The Morgan fingerprint density at radius 1 is 1.32 bits per heavy atom. The minimum atomic E-state index is -0.457. The Hall–Kier alpha value is -3.09. The molecule has 0 fully saturated rings. The molecule has 3 aromatic rings. The molecule has 146 valence electrons. The largest absolute Gasteiger partial charge is 0.364 e. The van der Waals surface area contributed by atoms with E-state index in [1.165, 1.54) is 6.07 Å². The number of imidazole rings is 1. The molecule has 1 aliphatic heterocycles. The summed E-state index contributed by atoms with van der Waals surface area (Å²) in [5.41, 5.74) is 3.40. The Kier molecular flexibility index (Phi) is 4.66. The van der Waals surface area contributed by atoms with Crippen LogP contribution in [-0.4, -0.2) is 33.5 Å². The molecular formula is C21H24FN5O. The van der Waals surface area contributed by atoms with Crippen LogP contribution in [0, 0.1) is 12.7 Å². The first-order valence-corrected chi connectivity index (χ1v) is 9.63. The zero-order valence-electron chi connectivity index (χ0n) is 16.3. The Labute approximate surface area is 163 Å². The van der Waals surface area contributed by atoms with E-state index in [2.05, 4.69) is 33.6 Å². The molecule has 0 spiro atoms. The van der Waals surface area contributed by atoms with Gasteiger partial charge >= 0.3 is 0 Å². The lowest BCUT2D eigenvalue weighted by atomic mass is 10.0. The molecular weight excluding hydrogens is 357 g/mol. The van der Waals surface area contributed by atoms with Gasteiger partial charge in [0.15, 0.2) is 0 Å². The van der Waals surface area contributed by atoms with E-state index in [1.54, 1.807) is 24.4 Å². The summed E-state index contributed by atoms with van der Waals surface area (Å²) in [5, 5.41) is 2.68. The topological polar surface area (TPSA) is 66.0 Å². The van der Waals surface area contributed by atoms with Gasteiger partial charge in [-0.05, 0) is 32.9 Å². The van der Waals surface area contributed by atoms with Crippen molar-refractivity contribution in [3.05, 3.63) is 53.2 Å². The molecule has 3 heterocycles. The summed E-state index contributed by atoms with van der Waals surface area (Å²) in [6.07, 6.45) is 2.48. The monoisotopic (exact) mass is 381 g/mol. The maximum atomic E-state index is 13.9. The van der Waals surface area contributed by atoms with Crippen molar-refractivity contribution in [1.82, 2.24) is 14.5 Å². The zero-order valence-corrected chi connectivity index (χ0v) is 16.3. The van der Waals surface area contributed by atoms with Gasteiger partial charge in [-0.25, -0.2) is 9.37 Å². The first-order chi connectivity index (χ1) is 13.5. The number of nitrogens with one attached hydrogen (secondary N) is 2. The van der Waals surface area contributed by atoms with Gasteiger partial charge in [0.2, 0.25) is 0 Å². The van der Waals surface area contributed by atoms with Crippen LogP contribution in [0.4, 0.5) is 15.9 Å². The number of carbonyl (C=O) groups excluding carboxylic acids is 1. The van der Waals surface area contributed by atoms with Crippen molar-refractivity contribution in [1.29, 1.82) is 0 Å². The van der Waals surface area contributed by atoms with Crippen LogP contribution in [0.5, 0.6) is 0 Å². The number of amides is 1. The van der Waals surface area contributed by atoms with E-state index in [1.807, 2.05) is 6.92 Å². The molecule has 28 heavy (non-hydrogen) atoms. The molecule has 0 bridgehead atoms. The Bertz CT molecular complexity index is 1030. The van der Waals surface area contributed by atoms with E-state index in [9.17, 15) is 9.18 Å². The lowest BCUT2D eigenvalue weighted by molar-refractivity contribution is 0.102. The van der Waals surface area contributed by atoms with Crippen molar-refractivity contribution in [2.75, 3.05) is 23.3 Å². The van der Waals surface area contributed by atoms with Crippen molar-refractivity contribution >= 4 is 17.4 Å². The SMILES string of the molecule is CCN(CC)c1c(C)nc2n1CCc1[nH]cc(C(=O)Nc3ccccc3F)c1-2. The molecule has 1 aromatic carbocycles. The van der Waals surface area contributed by atoms with Gasteiger partial charge in [-0.2, -0.15) is 0 Å². The normalized spacial score (nSPS) is 12.4. The van der Waals surface area contributed by atoms with Gasteiger partial charge < -0.3 is 19.8 Å². The second-order valence-electron chi connectivity index (χ2n) is 6.91. The number of H-pyrrole nitrogens is 1. The van der Waals surface area contributed by atoms with Crippen LogP contribution in [0.1, 0.15) is 35.6 Å². The maximum Gasteiger partial charge on any atom is 0.258 e. The molecule has 2 N–H and O–H groups in total. The summed E-state index contributed by atoms with van der Waals surface area (Å²) < 4.78 is 16.1. The van der Waals surface area contributed by atoms with E-state index in [-0.39, 0.29) is 11.6 Å². The maximum absolute atomic E-state index is 13.9. The highest BCUT2D eigenvalue weighted by molar-refractivity contribution is 6.09. The first-order valence-electron chi connectivity index (χ1n) is 9.63. The van der Waals surface area contributed by atoms with E-state index < -0.39 is 5.82 Å². The van der Waals surface area contributed by atoms with Crippen LogP contribution < -0.4 is 10.2 Å². The van der Waals surface area contributed by atoms with E-state index in [0.29, 0.717) is 5.56 Å². The third-order valence-corrected chi connectivity index (χ3v) is 5.31. The number of aromatic amines is 1. The van der Waals surface area contributed by atoms with Crippen LogP contribution in [0.3, 0.4) is 0 Å². The predicted octanol–water partition coefficient (Wildman–Crippen LogP) is 3.98. The molecule has 2 aromatic heterocycles. The van der Waals surface area contributed by atoms with Gasteiger partial charge in [0.05, 0.1) is 22.5 Å². The average Bonchev–Trinajstić information content (AvgIpc) is 3.26. The number of benzene rings is 1. The summed E-state index contributed by atoms with van der Waals surface area (Å²) >= 11 is 0. The van der Waals surface area contributed by atoms with E-state index in [4.69, 9.17) is 4.98 Å². The molecule has 0 unspecified atom stereocenters. The van der Waals surface area contributed by atoms with Crippen molar-refractivity contribution in [2.45, 2.75) is 33.7 Å². The number of anilines is 2. The van der Waals surface area contributed by atoms with Gasteiger partial charge in [-0.3, -0.25) is 4.79 Å². The van der Waals surface area contributed by atoms with Gasteiger partial charge in [-0.1, -0.05) is 12.1 Å². The summed E-state index contributed by atoms with van der Waals surface area (Å²) in [6, 6.07) is 6.17. The second kappa shape index (κ2) is 7.14. The van der Waals surface area contributed by atoms with E-state index >= 15 is 0 Å². The van der Waals surface area contributed by atoms with Crippen LogP contribution >= 0.6 is 0 Å². The van der Waals surface area contributed by atoms with Crippen LogP contribution in [-0.2, 0) is 13.0 Å². The fraction of sp³-hybridized carbons (Fsp3) is 0.333. The Morgan fingerprint density at radius 2 is 2.07 bits per heavy atom. The van der Waals surface area contributed by atoms with Crippen molar-refractivity contribution in [2.24, 2.45) is 0 Å². The zero-order chi connectivity index (χ0) is 19.8. The number of halogens is 1. The number of para-hydroxylation sites is 1. The summed E-state index contributed by atoms with van der Waals surface area (Å²) in [7, 11) is 0. The fourth-order valence-corrected chi connectivity index (χ4v) is 3.96. The van der Waals surface area contributed by atoms with Gasteiger partial charge in [0.1, 0.15) is 17.5 Å². The highest BCUT2D eigenvalue weighted by Crippen LogP contribution is 2.37. The predicted molar refractivity (Wildman–Crippen MR) is 108 cm³/mol. The molecule has 0 aliphatic carbocycles. The highest BCUT2D eigenvalue weighted by atomic mass is 19.1. The quantitative estimate of drug-likeness (QED) is 0.703. The smallest absolute Gasteiger partial charge is 0.258 e. The molecule has 7 heteroatoms. The summed E-state index contributed by atoms with van der Waals surface area (Å²) in [6.45, 7) is 8.85. The summed E-state index contributed by atoms with van der Waals surface area (Å²) in [5.74, 6) is 1.09. The number of rotatable bonds is 5. The average molecular weight is 381 g/mol.